The lowest BCUT2D eigenvalue weighted by molar-refractivity contribution is 0.101. The van der Waals surface area contributed by atoms with Gasteiger partial charge in [-0.25, -0.2) is 0 Å². The molecule has 0 fully saturated rings. The molecule has 0 unspecified atom stereocenters. The number of carbonyl (C=O) groups is 1. The third kappa shape index (κ3) is 3.43. The Morgan fingerprint density at radius 2 is 2.04 bits per heavy atom. The Kier molecular flexibility index (Phi) is 3.88. The summed E-state index contributed by atoms with van der Waals surface area (Å²) in [5.74, 6) is -0.195. The van der Waals surface area contributed by atoms with Crippen LogP contribution in [0.15, 0.2) is 46.9 Å². The van der Waals surface area contributed by atoms with E-state index in [9.17, 15) is 9.90 Å². The molecule has 4 N–H and O–H groups in total. The molecule has 8 heteroatoms. The van der Waals surface area contributed by atoms with Crippen LogP contribution in [0, 0.1) is 0 Å². The number of ketones is 1. The fourth-order valence-electron chi connectivity index (χ4n) is 1.97. The van der Waals surface area contributed by atoms with Crippen LogP contribution in [0.3, 0.4) is 0 Å². The number of nitrogens with two attached hydrogens (primary N) is 1. The number of carbonyl (C=O) groups excluding carboxylic acids is 1. The van der Waals surface area contributed by atoms with E-state index in [1.165, 1.54) is 0 Å². The van der Waals surface area contributed by atoms with Crippen molar-refractivity contribution < 1.29 is 14.3 Å². The number of allylic oxidation sites excluding steroid dienone is 1. The van der Waals surface area contributed by atoms with Gasteiger partial charge in [0.25, 0.3) is 0 Å². The van der Waals surface area contributed by atoms with Crippen LogP contribution in [-0.2, 0) is 6.42 Å². The van der Waals surface area contributed by atoms with E-state index in [1.807, 2.05) is 12.1 Å². The largest absolute Gasteiger partial charge is 0.504 e. The molecule has 0 radical (unpaired) electrons. The average Bonchev–Trinajstić information content (AvgIpc) is 3.21. The number of furan rings is 1. The van der Waals surface area contributed by atoms with Crippen LogP contribution < -0.4 is 5.73 Å². The van der Waals surface area contributed by atoms with Gasteiger partial charge < -0.3 is 15.3 Å². The Bertz CT molecular complexity index is 834. The highest BCUT2D eigenvalue weighted by atomic mass is 16.3. The van der Waals surface area contributed by atoms with Crippen molar-refractivity contribution in [1.82, 2.24) is 20.6 Å². The maximum Gasteiger partial charge on any atom is 0.239 e. The summed E-state index contributed by atoms with van der Waals surface area (Å²) in [5.41, 5.74) is 7.33. The first-order valence-corrected chi connectivity index (χ1v) is 6.74. The van der Waals surface area contributed by atoms with E-state index in [4.69, 9.17) is 10.2 Å². The summed E-state index contributed by atoms with van der Waals surface area (Å²) in [6, 6.07) is 10.6. The normalized spacial score (nSPS) is 11.6. The lowest BCUT2D eigenvalue weighted by atomic mass is 10.1. The van der Waals surface area contributed by atoms with E-state index in [-0.39, 0.29) is 17.3 Å². The van der Waals surface area contributed by atoms with Gasteiger partial charge in [0.15, 0.2) is 11.5 Å². The molecular formula is C15H13N5O3. The number of hydrogen-bond donors (Lipinski definition) is 3. The van der Waals surface area contributed by atoms with Crippen LogP contribution in [0.5, 0.6) is 0 Å². The van der Waals surface area contributed by atoms with Crippen molar-refractivity contribution in [3.8, 4) is 0 Å². The minimum atomic E-state index is -0.490. The summed E-state index contributed by atoms with van der Waals surface area (Å²) >= 11 is 0. The topological polar surface area (TPSA) is 131 Å². The molecule has 0 bridgehead atoms. The van der Waals surface area contributed by atoms with Gasteiger partial charge >= 0.3 is 0 Å². The van der Waals surface area contributed by atoms with Crippen LogP contribution >= 0.6 is 0 Å². The molecule has 0 aliphatic heterocycles. The maximum absolute atomic E-state index is 12.0. The van der Waals surface area contributed by atoms with Gasteiger partial charge in [0.05, 0.1) is 0 Å². The quantitative estimate of drug-likeness (QED) is 0.283. The standard InChI is InChI=1S/C15H13N5O3/c16-10-3-1-9(2-4-10)7-11-5-6-14(23-11)12(21)8-13(22)15-17-19-20-18-15/h1-6,8,22H,7,16H2,(H,17,18,19,20). The second-order valence-corrected chi connectivity index (χ2v) is 4.81. The summed E-state index contributed by atoms with van der Waals surface area (Å²) in [4.78, 5) is 12.0. The zero-order valence-corrected chi connectivity index (χ0v) is 11.9. The van der Waals surface area contributed by atoms with Crippen molar-refractivity contribution in [2.75, 3.05) is 5.73 Å². The molecule has 3 aromatic rings. The van der Waals surface area contributed by atoms with Gasteiger partial charge in [-0.05, 0) is 35.0 Å². The van der Waals surface area contributed by atoms with Gasteiger partial charge in [-0.2, -0.15) is 5.21 Å². The predicted molar refractivity (Wildman–Crippen MR) is 81.5 cm³/mol. The van der Waals surface area contributed by atoms with Crippen LogP contribution in [-0.4, -0.2) is 31.5 Å². The van der Waals surface area contributed by atoms with Crippen LogP contribution in [0.4, 0.5) is 5.69 Å². The van der Waals surface area contributed by atoms with Gasteiger partial charge in [-0.3, -0.25) is 4.79 Å². The van der Waals surface area contributed by atoms with Gasteiger partial charge in [0.1, 0.15) is 5.76 Å². The molecule has 8 nitrogen and oxygen atoms in total. The van der Waals surface area contributed by atoms with Crippen LogP contribution in [0.2, 0.25) is 0 Å². The first kappa shape index (κ1) is 14.5. The monoisotopic (exact) mass is 311 g/mol. The van der Waals surface area contributed by atoms with E-state index in [0.717, 1.165) is 11.6 Å². The fraction of sp³-hybridized carbons (Fsp3) is 0.0667. The Hall–Kier alpha value is -3.42. The van der Waals surface area contributed by atoms with Gasteiger partial charge in [-0.1, -0.05) is 12.1 Å². The number of benzene rings is 1. The number of aromatic nitrogens is 4. The summed E-state index contributed by atoms with van der Waals surface area (Å²) < 4.78 is 5.50. The van der Waals surface area contributed by atoms with E-state index < -0.39 is 5.78 Å². The molecular weight excluding hydrogens is 298 g/mol. The molecule has 0 saturated heterocycles. The number of nitrogen functional groups attached to an aromatic ring is 1. The molecule has 0 atom stereocenters. The van der Waals surface area contributed by atoms with Crippen molar-refractivity contribution in [1.29, 1.82) is 0 Å². The number of aliphatic hydroxyl groups is 1. The third-order valence-electron chi connectivity index (χ3n) is 3.10. The second kappa shape index (κ2) is 6.14. The zero-order chi connectivity index (χ0) is 16.2. The van der Waals surface area contributed by atoms with Gasteiger partial charge in [0, 0.05) is 18.2 Å². The van der Waals surface area contributed by atoms with Crippen molar-refractivity contribution in [2.45, 2.75) is 6.42 Å². The van der Waals surface area contributed by atoms with Gasteiger partial charge in [0.2, 0.25) is 11.6 Å². The molecule has 2 heterocycles. The average molecular weight is 311 g/mol. The minimum Gasteiger partial charge on any atom is -0.504 e. The van der Waals surface area contributed by atoms with Crippen molar-refractivity contribution >= 4 is 17.2 Å². The van der Waals surface area contributed by atoms with Crippen molar-refractivity contribution in [2.24, 2.45) is 0 Å². The Balaban J connectivity index is 1.72. The first-order chi connectivity index (χ1) is 11.1. The molecule has 0 spiro atoms. The van der Waals surface area contributed by atoms with E-state index in [0.29, 0.717) is 17.9 Å². The van der Waals surface area contributed by atoms with Crippen LogP contribution in [0.25, 0.3) is 5.76 Å². The molecule has 23 heavy (non-hydrogen) atoms. The number of tetrazole rings is 1. The molecule has 0 aliphatic rings. The van der Waals surface area contributed by atoms with E-state index in [2.05, 4.69) is 20.6 Å². The van der Waals surface area contributed by atoms with Crippen molar-refractivity contribution in [3.05, 3.63) is 65.4 Å². The summed E-state index contributed by atoms with van der Waals surface area (Å²) in [7, 11) is 0. The molecule has 1 aromatic carbocycles. The number of nitrogens with one attached hydrogen (secondary N) is 1. The zero-order valence-electron chi connectivity index (χ0n) is 11.9. The highest BCUT2D eigenvalue weighted by Gasteiger charge is 2.13. The number of anilines is 1. The Labute approximate surface area is 130 Å². The van der Waals surface area contributed by atoms with E-state index >= 15 is 0 Å². The summed E-state index contributed by atoms with van der Waals surface area (Å²) in [6.45, 7) is 0. The summed E-state index contributed by atoms with van der Waals surface area (Å²) in [6.07, 6.45) is 1.52. The van der Waals surface area contributed by atoms with Crippen molar-refractivity contribution in [3.63, 3.8) is 0 Å². The molecule has 0 aliphatic carbocycles. The Morgan fingerprint density at radius 1 is 1.26 bits per heavy atom. The van der Waals surface area contributed by atoms with Crippen LogP contribution in [0.1, 0.15) is 27.7 Å². The summed E-state index contributed by atoms with van der Waals surface area (Å²) in [5, 5.41) is 22.3. The highest BCUT2D eigenvalue weighted by Crippen LogP contribution is 2.16. The van der Waals surface area contributed by atoms with Gasteiger partial charge in [-0.15, -0.1) is 10.2 Å². The molecule has 3 rings (SSSR count). The Morgan fingerprint density at radius 3 is 2.74 bits per heavy atom. The lowest BCUT2D eigenvalue weighted by Crippen LogP contribution is -1.96. The smallest absolute Gasteiger partial charge is 0.239 e. The molecule has 0 saturated carbocycles. The number of nitrogens with zero attached hydrogens (tertiary/aromatic N) is 3. The number of rotatable bonds is 5. The second-order valence-electron chi connectivity index (χ2n) is 4.81. The highest BCUT2D eigenvalue weighted by molar-refractivity contribution is 6.05. The first-order valence-electron chi connectivity index (χ1n) is 6.74. The molecule has 0 amide bonds. The number of H-pyrrole nitrogens is 1. The predicted octanol–water partition coefficient (Wildman–Crippen LogP) is 1.75. The molecule has 2 aromatic heterocycles. The molecule has 116 valence electrons. The number of hydrogen-bond acceptors (Lipinski definition) is 7. The fourth-order valence-corrected chi connectivity index (χ4v) is 1.97. The minimum absolute atomic E-state index is 0.0630. The maximum atomic E-state index is 12.0. The number of aromatic amines is 1. The van der Waals surface area contributed by atoms with E-state index in [1.54, 1.807) is 24.3 Å². The number of aliphatic hydroxyl groups excluding tert-OH is 1. The SMILES string of the molecule is Nc1ccc(Cc2ccc(C(=O)C=C(O)c3nn[nH]n3)o2)cc1. The lowest BCUT2D eigenvalue weighted by Gasteiger charge is -1.99. The third-order valence-corrected chi connectivity index (χ3v) is 3.10.